The van der Waals surface area contributed by atoms with Crippen LogP contribution in [0.15, 0.2) is 121 Å². The fraction of sp³-hybridized carbons (Fsp3) is 0.130. The van der Waals surface area contributed by atoms with Crippen LogP contribution in [0, 0.1) is 0 Å². The third-order valence-corrected chi connectivity index (χ3v) is 12.0. The molecule has 11 rings (SSSR count). The monoisotopic (exact) mass is 584 g/mol. The van der Waals surface area contributed by atoms with Gasteiger partial charge in [0.15, 0.2) is 0 Å². The van der Waals surface area contributed by atoms with Crippen LogP contribution in [0.25, 0.3) is 86.9 Å². The quantitative estimate of drug-likeness (QED) is 0.156. The van der Waals surface area contributed by atoms with Crippen molar-refractivity contribution in [2.24, 2.45) is 0 Å². The van der Waals surface area contributed by atoms with E-state index >= 15 is 0 Å². The lowest BCUT2D eigenvalue weighted by molar-refractivity contribution is 0.652. The number of fused-ring (bicyclic) bond motifs is 13. The van der Waals surface area contributed by atoms with E-state index in [0.29, 0.717) is 0 Å². The van der Waals surface area contributed by atoms with Gasteiger partial charge in [-0.15, -0.1) is 0 Å². The molecule has 0 bridgehead atoms. The van der Waals surface area contributed by atoms with E-state index in [1.807, 2.05) is 0 Å². The van der Waals surface area contributed by atoms with E-state index in [0.717, 1.165) is 0 Å². The average Bonchev–Trinajstić information content (AvgIpc) is 3.44. The maximum Gasteiger partial charge on any atom is 0.0159 e. The highest BCUT2D eigenvalue weighted by atomic mass is 14.5. The molecule has 46 heavy (non-hydrogen) atoms. The van der Waals surface area contributed by atoms with Gasteiger partial charge >= 0.3 is 0 Å². The Labute approximate surface area is 268 Å². The van der Waals surface area contributed by atoms with Crippen LogP contribution in [0.1, 0.15) is 49.9 Å². The lowest BCUT2D eigenvalue weighted by Gasteiger charge is -2.24. The van der Waals surface area contributed by atoms with Gasteiger partial charge in [-0.3, -0.25) is 0 Å². The molecule has 2 aliphatic rings. The summed E-state index contributed by atoms with van der Waals surface area (Å²) in [5.74, 6) is 0. The van der Waals surface area contributed by atoms with Crippen molar-refractivity contribution in [1.29, 1.82) is 0 Å². The molecule has 216 valence electrons. The second-order valence-corrected chi connectivity index (χ2v) is 14.9. The van der Waals surface area contributed by atoms with Crippen molar-refractivity contribution in [2.45, 2.75) is 38.5 Å². The molecule has 0 saturated carbocycles. The van der Waals surface area contributed by atoms with Gasteiger partial charge in [0.05, 0.1) is 0 Å². The van der Waals surface area contributed by atoms with Crippen LogP contribution in [-0.4, -0.2) is 0 Å². The maximum atomic E-state index is 2.58. The Hall–Kier alpha value is -5.20. The van der Waals surface area contributed by atoms with Gasteiger partial charge in [0.25, 0.3) is 0 Å². The molecule has 0 unspecified atom stereocenters. The second kappa shape index (κ2) is 7.95. The fourth-order valence-electron chi connectivity index (χ4n) is 9.65. The third kappa shape index (κ3) is 2.80. The minimum absolute atomic E-state index is 0.0943. The van der Waals surface area contributed by atoms with Crippen LogP contribution in [0.4, 0.5) is 0 Å². The van der Waals surface area contributed by atoms with Crippen LogP contribution < -0.4 is 0 Å². The van der Waals surface area contributed by atoms with Crippen LogP contribution in [0.5, 0.6) is 0 Å². The van der Waals surface area contributed by atoms with Crippen molar-refractivity contribution in [3.63, 3.8) is 0 Å². The standard InChI is InChI=1S/C46H32/c1-45(2)37-21-20-32-31-16-14-25-8-5-6-11-29(25)30(31)18-19-33(32)43(37)35-23-39-36(24-38(35)45)44-34-17-15-27-10-7-9-26-12-13-28(42(34)41(26)27)22-40(44)46(39,3)4/h5-24H,1-4H3. The van der Waals surface area contributed by atoms with Crippen molar-refractivity contribution in [3.8, 4) is 22.3 Å². The molecule has 0 spiro atoms. The first kappa shape index (κ1) is 25.0. The predicted octanol–water partition coefficient (Wildman–Crippen LogP) is 12.7. The summed E-state index contributed by atoms with van der Waals surface area (Å²) in [7, 11) is 0. The number of hydrogen-bond donors (Lipinski definition) is 0. The van der Waals surface area contributed by atoms with E-state index in [1.54, 1.807) is 0 Å². The summed E-state index contributed by atoms with van der Waals surface area (Å²) in [6, 6.07) is 46.7. The minimum atomic E-state index is -0.104. The van der Waals surface area contributed by atoms with E-state index in [9.17, 15) is 0 Å². The second-order valence-electron chi connectivity index (χ2n) is 14.9. The molecule has 9 aromatic carbocycles. The Bertz CT molecular complexity index is 2830. The Morgan fingerprint density at radius 2 is 0.848 bits per heavy atom. The number of rotatable bonds is 0. The van der Waals surface area contributed by atoms with Crippen LogP contribution in [0.3, 0.4) is 0 Å². The third-order valence-electron chi connectivity index (χ3n) is 12.0. The fourth-order valence-corrected chi connectivity index (χ4v) is 9.65. The van der Waals surface area contributed by atoms with E-state index in [4.69, 9.17) is 0 Å². The highest BCUT2D eigenvalue weighted by molar-refractivity contribution is 6.27. The summed E-state index contributed by atoms with van der Waals surface area (Å²) in [5.41, 5.74) is 11.3. The summed E-state index contributed by atoms with van der Waals surface area (Å²) in [6.07, 6.45) is 0. The van der Waals surface area contributed by atoms with Crippen molar-refractivity contribution >= 4 is 64.6 Å². The Morgan fingerprint density at radius 3 is 1.65 bits per heavy atom. The molecule has 9 aromatic rings. The van der Waals surface area contributed by atoms with Crippen LogP contribution in [-0.2, 0) is 10.8 Å². The highest BCUT2D eigenvalue weighted by Crippen LogP contribution is 2.59. The average molecular weight is 585 g/mol. The zero-order valence-corrected chi connectivity index (χ0v) is 26.5. The van der Waals surface area contributed by atoms with Crippen molar-refractivity contribution in [1.82, 2.24) is 0 Å². The summed E-state index contributed by atoms with van der Waals surface area (Å²) < 4.78 is 0. The zero-order chi connectivity index (χ0) is 30.7. The molecule has 0 amide bonds. The Kier molecular flexibility index (Phi) is 4.33. The van der Waals surface area contributed by atoms with Gasteiger partial charge < -0.3 is 0 Å². The van der Waals surface area contributed by atoms with Crippen molar-refractivity contribution in [2.75, 3.05) is 0 Å². The smallest absolute Gasteiger partial charge is 0.0159 e. The minimum Gasteiger partial charge on any atom is -0.0616 e. The summed E-state index contributed by atoms with van der Waals surface area (Å²) in [5, 5.41) is 16.2. The normalized spacial score (nSPS) is 15.7. The first-order valence-corrected chi connectivity index (χ1v) is 16.6. The van der Waals surface area contributed by atoms with Gasteiger partial charge in [-0.25, -0.2) is 0 Å². The van der Waals surface area contributed by atoms with E-state index in [-0.39, 0.29) is 10.8 Å². The molecule has 0 fully saturated rings. The van der Waals surface area contributed by atoms with Gasteiger partial charge in [0.1, 0.15) is 0 Å². The molecule has 0 heterocycles. The summed E-state index contributed by atoms with van der Waals surface area (Å²) >= 11 is 0. The van der Waals surface area contributed by atoms with Gasteiger partial charge in [0, 0.05) is 10.8 Å². The predicted molar refractivity (Wildman–Crippen MR) is 198 cm³/mol. The zero-order valence-electron chi connectivity index (χ0n) is 26.5. The molecular weight excluding hydrogens is 553 g/mol. The topological polar surface area (TPSA) is 0 Å². The molecule has 0 aliphatic heterocycles. The molecule has 0 aromatic heterocycles. The first-order chi connectivity index (χ1) is 22.3. The van der Waals surface area contributed by atoms with Crippen molar-refractivity contribution in [3.05, 3.63) is 144 Å². The number of hydrogen-bond acceptors (Lipinski definition) is 0. The van der Waals surface area contributed by atoms with Crippen molar-refractivity contribution < 1.29 is 0 Å². The maximum absolute atomic E-state index is 2.58. The number of benzene rings is 9. The largest absolute Gasteiger partial charge is 0.0616 e. The van der Waals surface area contributed by atoms with E-state index in [2.05, 4.69) is 149 Å². The van der Waals surface area contributed by atoms with E-state index < -0.39 is 0 Å². The van der Waals surface area contributed by atoms with Gasteiger partial charge in [-0.05, 0) is 127 Å². The molecule has 0 saturated heterocycles. The highest BCUT2D eigenvalue weighted by Gasteiger charge is 2.43. The first-order valence-electron chi connectivity index (χ1n) is 16.6. The van der Waals surface area contributed by atoms with Gasteiger partial charge in [-0.2, -0.15) is 0 Å². The molecule has 0 radical (unpaired) electrons. The molecule has 0 heteroatoms. The van der Waals surface area contributed by atoms with Gasteiger partial charge in [-0.1, -0.05) is 131 Å². The van der Waals surface area contributed by atoms with Crippen LogP contribution >= 0.6 is 0 Å². The summed E-state index contributed by atoms with van der Waals surface area (Å²) in [6.45, 7) is 9.72. The molecule has 2 aliphatic carbocycles. The summed E-state index contributed by atoms with van der Waals surface area (Å²) in [4.78, 5) is 0. The molecule has 0 nitrogen and oxygen atoms in total. The SMILES string of the molecule is CC1(C)c2cc3c(cc2-c2c1ccc1c2ccc2c4ccccc4ccc12)C(C)(C)c1cc2ccc4cccc5ccc(c1-3)c2c45. The van der Waals surface area contributed by atoms with Gasteiger partial charge in [0.2, 0.25) is 0 Å². The Morgan fingerprint density at radius 1 is 0.326 bits per heavy atom. The molecule has 0 atom stereocenters. The molecule has 0 N–H and O–H groups in total. The lowest BCUT2D eigenvalue weighted by Crippen LogP contribution is -2.17. The van der Waals surface area contributed by atoms with E-state index in [1.165, 1.54) is 109 Å². The Balaban J connectivity index is 1.22. The lowest BCUT2D eigenvalue weighted by atomic mass is 9.79. The molecular formula is C46H32. The van der Waals surface area contributed by atoms with Crippen LogP contribution in [0.2, 0.25) is 0 Å².